The number of nitrogens with zero attached hydrogens (tertiary/aromatic N) is 1. The third-order valence-corrected chi connectivity index (χ3v) is 4.18. The number of rotatable bonds is 3. The predicted molar refractivity (Wildman–Crippen MR) is 84.6 cm³/mol. The maximum atomic E-state index is 12.5. The van der Waals surface area contributed by atoms with Crippen LogP contribution in [0.3, 0.4) is 0 Å². The molecule has 2 aromatic heterocycles. The van der Waals surface area contributed by atoms with Crippen molar-refractivity contribution in [1.82, 2.24) is 15.6 Å². The molecule has 1 fully saturated rings. The van der Waals surface area contributed by atoms with E-state index in [0.717, 1.165) is 25.1 Å². The van der Waals surface area contributed by atoms with Crippen molar-refractivity contribution in [3.63, 3.8) is 0 Å². The standard InChI is InChI=1S/C17H21N3O2/c1-11-13(7-8-15(19-11)16-6-4-10-22-16)17(21)20-14-5-3-9-18-12(14)2/h4,6-8,10,12,14,18H,3,5,9H2,1-2H3,(H,20,21). The van der Waals surface area contributed by atoms with Crippen molar-refractivity contribution in [2.75, 3.05) is 6.54 Å². The Kier molecular flexibility index (Phi) is 4.24. The minimum atomic E-state index is -0.0588. The first-order valence-corrected chi connectivity index (χ1v) is 7.71. The molecule has 5 heteroatoms. The largest absolute Gasteiger partial charge is 0.463 e. The van der Waals surface area contributed by atoms with Crippen molar-refractivity contribution in [2.45, 2.75) is 38.8 Å². The molecule has 2 atom stereocenters. The number of aromatic nitrogens is 1. The van der Waals surface area contributed by atoms with Crippen molar-refractivity contribution in [3.05, 3.63) is 41.8 Å². The molecule has 116 valence electrons. The number of carbonyl (C=O) groups excluding carboxylic acids is 1. The summed E-state index contributed by atoms with van der Waals surface area (Å²) >= 11 is 0. The fraction of sp³-hybridized carbons (Fsp3) is 0.412. The zero-order chi connectivity index (χ0) is 15.5. The Bertz CT molecular complexity index is 652. The van der Waals surface area contributed by atoms with Crippen LogP contribution in [0.15, 0.2) is 34.9 Å². The lowest BCUT2D eigenvalue weighted by molar-refractivity contribution is 0.0919. The van der Waals surface area contributed by atoms with E-state index in [2.05, 4.69) is 22.5 Å². The van der Waals surface area contributed by atoms with Crippen LogP contribution in [0.1, 0.15) is 35.8 Å². The maximum Gasteiger partial charge on any atom is 0.253 e. The predicted octanol–water partition coefficient (Wildman–Crippen LogP) is 2.52. The van der Waals surface area contributed by atoms with Gasteiger partial charge in [-0.3, -0.25) is 4.79 Å². The summed E-state index contributed by atoms with van der Waals surface area (Å²) in [6.07, 6.45) is 3.71. The second-order valence-electron chi connectivity index (χ2n) is 5.77. The molecule has 3 heterocycles. The lowest BCUT2D eigenvalue weighted by Crippen LogP contribution is -2.52. The lowest BCUT2D eigenvalue weighted by atomic mass is 9.99. The van der Waals surface area contributed by atoms with E-state index in [0.29, 0.717) is 23.1 Å². The van der Waals surface area contributed by atoms with Crippen molar-refractivity contribution >= 4 is 5.91 Å². The van der Waals surface area contributed by atoms with Gasteiger partial charge in [0.15, 0.2) is 5.76 Å². The first-order chi connectivity index (χ1) is 10.6. The van der Waals surface area contributed by atoms with E-state index in [-0.39, 0.29) is 11.9 Å². The third-order valence-electron chi connectivity index (χ3n) is 4.18. The number of amides is 1. The number of carbonyl (C=O) groups is 1. The molecule has 2 unspecified atom stereocenters. The van der Waals surface area contributed by atoms with E-state index in [1.807, 2.05) is 31.2 Å². The smallest absolute Gasteiger partial charge is 0.253 e. The van der Waals surface area contributed by atoms with Gasteiger partial charge in [-0.2, -0.15) is 0 Å². The van der Waals surface area contributed by atoms with E-state index in [1.165, 1.54) is 0 Å². The summed E-state index contributed by atoms with van der Waals surface area (Å²) in [7, 11) is 0. The molecule has 3 rings (SSSR count). The number of hydrogen-bond donors (Lipinski definition) is 2. The molecule has 0 aromatic carbocycles. The summed E-state index contributed by atoms with van der Waals surface area (Å²) in [6, 6.07) is 7.79. The molecular formula is C17H21N3O2. The Hall–Kier alpha value is -2.14. The van der Waals surface area contributed by atoms with Gasteiger partial charge >= 0.3 is 0 Å². The van der Waals surface area contributed by atoms with Gasteiger partial charge in [0.25, 0.3) is 5.91 Å². The minimum absolute atomic E-state index is 0.0588. The van der Waals surface area contributed by atoms with Crippen molar-refractivity contribution < 1.29 is 9.21 Å². The van der Waals surface area contributed by atoms with E-state index in [4.69, 9.17) is 4.42 Å². The quantitative estimate of drug-likeness (QED) is 0.914. The second kappa shape index (κ2) is 6.32. The molecule has 0 spiro atoms. The van der Waals surface area contributed by atoms with Crippen LogP contribution in [0.2, 0.25) is 0 Å². The topological polar surface area (TPSA) is 67.2 Å². The van der Waals surface area contributed by atoms with Crippen LogP contribution in [0.5, 0.6) is 0 Å². The van der Waals surface area contributed by atoms with Gasteiger partial charge < -0.3 is 15.1 Å². The lowest BCUT2D eigenvalue weighted by Gasteiger charge is -2.30. The van der Waals surface area contributed by atoms with E-state index < -0.39 is 0 Å². The average Bonchev–Trinajstić information content (AvgIpc) is 3.03. The van der Waals surface area contributed by atoms with Gasteiger partial charge in [0, 0.05) is 12.1 Å². The van der Waals surface area contributed by atoms with Crippen LogP contribution < -0.4 is 10.6 Å². The molecule has 1 aliphatic rings. The SMILES string of the molecule is Cc1nc(-c2ccco2)ccc1C(=O)NC1CCCNC1C. The van der Waals surface area contributed by atoms with Gasteiger partial charge in [0.2, 0.25) is 0 Å². The van der Waals surface area contributed by atoms with Crippen LogP contribution in [0, 0.1) is 6.92 Å². The summed E-state index contributed by atoms with van der Waals surface area (Å²) in [5, 5.41) is 6.50. The highest BCUT2D eigenvalue weighted by Crippen LogP contribution is 2.19. The van der Waals surface area contributed by atoms with Crippen LogP contribution in [-0.2, 0) is 0 Å². The second-order valence-corrected chi connectivity index (χ2v) is 5.77. The third kappa shape index (κ3) is 3.04. The maximum absolute atomic E-state index is 12.5. The molecule has 2 aromatic rings. The summed E-state index contributed by atoms with van der Waals surface area (Å²) in [5.74, 6) is 0.650. The summed E-state index contributed by atoms with van der Waals surface area (Å²) < 4.78 is 5.34. The normalized spacial score (nSPS) is 21.5. The number of hydrogen-bond acceptors (Lipinski definition) is 4. The van der Waals surface area contributed by atoms with Crippen LogP contribution in [0.4, 0.5) is 0 Å². The highest BCUT2D eigenvalue weighted by Gasteiger charge is 2.23. The highest BCUT2D eigenvalue weighted by atomic mass is 16.3. The molecule has 1 saturated heterocycles. The Labute approximate surface area is 130 Å². The van der Waals surface area contributed by atoms with Gasteiger partial charge in [-0.25, -0.2) is 4.98 Å². The number of nitrogens with one attached hydrogen (secondary N) is 2. The Balaban J connectivity index is 1.75. The molecule has 2 N–H and O–H groups in total. The number of furan rings is 1. The van der Waals surface area contributed by atoms with E-state index in [1.54, 1.807) is 6.26 Å². The number of aryl methyl sites for hydroxylation is 1. The van der Waals surface area contributed by atoms with Crippen LogP contribution in [0.25, 0.3) is 11.5 Å². The van der Waals surface area contributed by atoms with E-state index in [9.17, 15) is 4.79 Å². The first-order valence-electron chi connectivity index (χ1n) is 7.71. The molecule has 22 heavy (non-hydrogen) atoms. The Morgan fingerprint density at radius 1 is 1.41 bits per heavy atom. The zero-order valence-electron chi connectivity index (χ0n) is 12.9. The zero-order valence-corrected chi connectivity index (χ0v) is 12.9. The Morgan fingerprint density at radius 3 is 2.95 bits per heavy atom. The monoisotopic (exact) mass is 299 g/mol. The fourth-order valence-corrected chi connectivity index (χ4v) is 2.85. The highest BCUT2D eigenvalue weighted by molar-refractivity contribution is 5.95. The first kappa shape index (κ1) is 14.8. The Morgan fingerprint density at radius 2 is 2.27 bits per heavy atom. The molecular weight excluding hydrogens is 278 g/mol. The summed E-state index contributed by atoms with van der Waals surface area (Å²) in [4.78, 5) is 17.0. The molecule has 5 nitrogen and oxygen atoms in total. The van der Waals surface area contributed by atoms with Crippen molar-refractivity contribution in [1.29, 1.82) is 0 Å². The molecule has 0 saturated carbocycles. The van der Waals surface area contributed by atoms with Gasteiger partial charge in [-0.05, 0) is 57.5 Å². The van der Waals surface area contributed by atoms with Gasteiger partial charge in [0.1, 0.15) is 5.69 Å². The van der Waals surface area contributed by atoms with Crippen molar-refractivity contribution in [2.24, 2.45) is 0 Å². The van der Waals surface area contributed by atoms with Crippen molar-refractivity contribution in [3.8, 4) is 11.5 Å². The molecule has 0 aliphatic carbocycles. The molecule has 1 aliphatic heterocycles. The van der Waals surface area contributed by atoms with E-state index >= 15 is 0 Å². The van der Waals surface area contributed by atoms with Gasteiger partial charge in [0.05, 0.1) is 17.5 Å². The minimum Gasteiger partial charge on any atom is -0.463 e. The molecule has 1 amide bonds. The van der Waals surface area contributed by atoms with Gasteiger partial charge in [-0.15, -0.1) is 0 Å². The average molecular weight is 299 g/mol. The fourth-order valence-electron chi connectivity index (χ4n) is 2.85. The number of piperidine rings is 1. The summed E-state index contributed by atoms with van der Waals surface area (Å²) in [6.45, 7) is 4.98. The summed E-state index contributed by atoms with van der Waals surface area (Å²) in [5.41, 5.74) is 2.07. The van der Waals surface area contributed by atoms with Gasteiger partial charge in [-0.1, -0.05) is 0 Å². The van der Waals surface area contributed by atoms with Crippen LogP contribution >= 0.6 is 0 Å². The number of pyridine rings is 1. The molecule has 0 radical (unpaired) electrons. The van der Waals surface area contributed by atoms with Crippen LogP contribution in [-0.4, -0.2) is 29.5 Å². The molecule has 0 bridgehead atoms.